The zero-order valence-corrected chi connectivity index (χ0v) is 14.0. The van der Waals surface area contributed by atoms with Gasteiger partial charge in [-0.3, -0.25) is 0 Å². The lowest BCUT2D eigenvalue weighted by Crippen LogP contribution is -2.37. The van der Waals surface area contributed by atoms with Gasteiger partial charge in [-0.25, -0.2) is 0 Å². The van der Waals surface area contributed by atoms with Crippen LogP contribution >= 0.6 is 0 Å². The zero-order valence-electron chi connectivity index (χ0n) is 14.0. The Bertz CT molecular complexity index is 367. The van der Waals surface area contributed by atoms with E-state index in [4.69, 9.17) is 0 Å². The van der Waals surface area contributed by atoms with E-state index in [-0.39, 0.29) is 0 Å². The molecule has 118 valence electrons. The van der Waals surface area contributed by atoms with Crippen LogP contribution in [-0.2, 0) is 0 Å². The molecule has 0 aliphatic heterocycles. The molecule has 1 aliphatic rings. The maximum absolute atomic E-state index is 3.96. The van der Waals surface area contributed by atoms with Gasteiger partial charge in [0.1, 0.15) is 0 Å². The number of hydrogen-bond donors (Lipinski definition) is 1. The molecule has 21 heavy (non-hydrogen) atoms. The van der Waals surface area contributed by atoms with E-state index >= 15 is 0 Å². The van der Waals surface area contributed by atoms with Crippen molar-refractivity contribution in [2.45, 2.75) is 83.7 Å². The van der Waals surface area contributed by atoms with Gasteiger partial charge >= 0.3 is 0 Å². The van der Waals surface area contributed by atoms with Gasteiger partial charge in [-0.1, -0.05) is 75.8 Å². The Balaban J connectivity index is 1.94. The summed E-state index contributed by atoms with van der Waals surface area (Å²) in [6, 6.07) is 12.2. The summed E-state index contributed by atoms with van der Waals surface area (Å²) in [5.74, 6) is 0.885. The molecule has 2 atom stereocenters. The van der Waals surface area contributed by atoms with Gasteiger partial charge in [-0.2, -0.15) is 0 Å². The van der Waals surface area contributed by atoms with E-state index in [0.717, 1.165) is 5.92 Å². The van der Waals surface area contributed by atoms with Crippen molar-refractivity contribution in [3.63, 3.8) is 0 Å². The van der Waals surface area contributed by atoms with Gasteiger partial charge < -0.3 is 5.32 Å². The predicted octanol–water partition coefficient (Wildman–Crippen LogP) is 5.87. The number of rotatable bonds is 8. The molecule has 1 saturated carbocycles. The predicted molar refractivity (Wildman–Crippen MR) is 92.5 cm³/mol. The van der Waals surface area contributed by atoms with E-state index in [0.29, 0.717) is 12.1 Å². The normalized spacial score (nSPS) is 19.3. The van der Waals surface area contributed by atoms with Gasteiger partial charge in [0.2, 0.25) is 0 Å². The zero-order chi connectivity index (χ0) is 14.9. The lowest BCUT2D eigenvalue weighted by molar-refractivity contribution is 0.259. The third kappa shape index (κ3) is 5.47. The molecule has 0 radical (unpaired) electrons. The molecule has 1 nitrogen and oxygen atoms in total. The van der Waals surface area contributed by atoms with Crippen molar-refractivity contribution in [1.29, 1.82) is 0 Å². The van der Waals surface area contributed by atoms with E-state index in [1.807, 2.05) is 0 Å². The van der Waals surface area contributed by atoms with Crippen LogP contribution in [0, 0.1) is 5.92 Å². The largest absolute Gasteiger partial charge is 0.307 e. The Labute approximate surface area is 131 Å². The molecule has 0 bridgehead atoms. The fourth-order valence-electron chi connectivity index (χ4n) is 3.72. The summed E-state index contributed by atoms with van der Waals surface area (Å²) in [6.45, 7) is 4.70. The van der Waals surface area contributed by atoms with Gasteiger partial charge in [-0.05, 0) is 37.7 Å². The molecule has 1 aliphatic carbocycles. The molecule has 0 spiro atoms. The van der Waals surface area contributed by atoms with Crippen LogP contribution in [0.2, 0.25) is 0 Å². The lowest BCUT2D eigenvalue weighted by atomic mass is 9.84. The molecule has 0 saturated heterocycles. The van der Waals surface area contributed by atoms with Crippen LogP contribution in [0.15, 0.2) is 30.3 Å². The maximum Gasteiger partial charge on any atom is 0.0322 e. The second-order valence-corrected chi connectivity index (χ2v) is 6.81. The van der Waals surface area contributed by atoms with E-state index in [1.54, 1.807) is 0 Å². The van der Waals surface area contributed by atoms with Gasteiger partial charge in [-0.15, -0.1) is 0 Å². The minimum atomic E-state index is 0.537. The summed E-state index contributed by atoms with van der Waals surface area (Å²) < 4.78 is 0. The molecule has 1 fully saturated rings. The molecule has 0 aromatic heterocycles. The van der Waals surface area contributed by atoms with Crippen molar-refractivity contribution in [3.8, 4) is 0 Å². The Kier molecular flexibility index (Phi) is 7.29. The quantitative estimate of drug-likeness (QED) is 0.590. The molecule has 0 amide bonds. The molecule has 1 aromatic carbocycles. The summed E-state index contributed by atoms with van der Waals surface area (Å²) in [4.78, 5) is 0. The molecular formula is C20H33N. The standard InChI is InChI=1S/C20H33N/c1-3-4-7-16-20(19-14-10-6-11-15-19)21-17(2)18-12-8-5-9-13-18/h6,10-11,14-15,17-18,20-21H,3-5,7-9,12-13,16H2,1-2H3/t17-,20?/m0/s1. The Morgan fingerprint density at radius 2 is 1.76 bits per heavy atom. The van der Waals surface area contributed by atoms with Crippen LogP contribution in [0.4, 0.5) is 0 Å². The molecule has 1 heteroatoms. The first-order valence-electron chi connectivity index (χ1n) is 9.12. The number of nitrogens with one attached hydrogen (secondary N) is 1. The van der Waals surface area contributed by atoms with E-state index in [2.05, 4.69) is 49.5 Å². The van der Waals surface area contributed by atoms with Crippen LogP contribution in [0.25, 0.3) is 0 Å². The van der Waals surface area contributed by atoms with E-state index in [1.165, 1.54) is 63.4 Å². The SMILES string of the molecule is CCCCCC(N[C@@H](C)C1CCCCC1)c1ccccc1. The second-order valence-electron chi connectivity index (χ2n) is 6.81. The second kappa shape index (κ2) is 9.25. The average Bonchev–Trinajstić information content (AvgIpc) is 2.55. The van der Waals surface area contributed by atoms with Crippen molar-refractivity contribution < 1.29 is 0 Å². The van der Waals surface area contributed by atoms with Crippen LogP contribution in [0.1, 0.15) is 83.2 Å². The molecule has 2 rings (SSSR count). The van der Waals surface area contributed by atoms with Gasteiger partial charge in [0, 0.05) is 12.1 Å². The first-order chi connectivity index (χ1) is 10.3. The highest BCUT2D eigenvalue weighted by Gasteiger charge is 2.22. The highest BCUT2D eigenvalue weighted by atomic mass is 15.0. The minimum absolute atomic E-state index is 0.537. The fourth-order valence-corrected chi connectivity index (χ4v) is 3.72. The topological polar surface area (TPSA) is 12.0 Å². The number of unbranched alkanes of at least 4 members (excludes halogenated alkanes) is 2. The van der Waals surface area contributed by atoms with E-state index in [9.17, 15) is 0 Å². The molecule has 1 N–H and O–H groups in total. The van der Waals surface area contributed by atoms with E-state index < -0.39 is 0 Å². The van der Waals surface area contributed by atoms with Crippen molar-refractivity contribution >= 4 is 0 Å². The van der Waals surface area contributed by atoms with Crippen LogP contribution in [0.5, 0.6) is 0 Å². The summed E-state index contributed by atoms with van der Waals surface area (Å²) >= 11 is 0. The monoisotopic (exact) mass is 287 g/mol. The third-order valence-corrected chi connectivity index (χ3v) is 5.12. The number of benzene rings is 1. The molecular weight excluding hydrogens is 254 g/mol. The highest BCUT2D eigenvalue weighted by Crippen LogP contribution is 2.29. The fraction of sp³-hybridized carbons (Fsp3) is 0.700. The summed E-state index contributed by atoms with van der Waals surface area (Å²) in [5, 5.41) is 3.96. The van der Waals surface area contributed by atoms with Crippen LogP contribution < -0.4 is 5.32 Å². The van der Waals surface area contributed by atoms with Crippen LogP contribution in [0.3, 0.4) is 0 Å². The minimum Gasteiger partial charge on any atom is -0.307 e. The molecule has 1 unspecified atom stereocenters. The average molecular weight is 287 g/mol. The lowest BCUT2D eigenvalue weighted by Gasteiger charge is -2.32. The van der Waals surface area contributed by atoms with Gasteiger partial charge in [0.05, 0.1) is 0 Å². The Morgan fingerprint density at radius 3 is 2.43 bits per heavy atom. The summed E-state index contributed by atoms with van der Waals surface area (Å²) in [7, 11) is 0. The molecule has 1 aromatic rings. The first-order valence-corrected chi connectivity index (χ1v) is 9.12. The Hall–Kier alpha value is -0.820. The maximum atomic E-state index is 3.96. The van der Waals surface area contributed by atoms with Crippen molar-refractivity contribution in [1.82, 2.24) is 5.32 Å². The highest BCUT2D eigenvalue weighted by molar-refractivity contribution is 5.19. The van der Waals surface area contributed by atoms with Crippen LogP contribution in [-0.4, -0.2) is 6.04 Å². The van der Waals surface area contributed by atoms with Crippen molar-refractivity contribution in [3.05, 3.63) is 35.9 Å². The van der Waals surface area contributed by atoms with Crippen molar-refractivity contribution in [2.24, 2.45) is 5.92 Å². The van der Waals surface area contributed by atoms with Gasteiger partial charge in [0.15, 0.2) is 0 Å². The summed E-state index contributed by atoms with van der Waals surface area (Å²) in [5.41, 5.74) is 1.47. The Morgan fingerprint density at radius 1 is 1.05 bits per heavy atom. The van der Waals surface area contributed by atoms with Gasteiger partial charge in [0.25, 0.3) is 0 Å². The van der Waals surface area contributed by atoms with Crippen molar-refractivity contribution in [2.75, 3.05) is 0 Å². The first kappa shape index (κ1) is 16.5. The summed E-state index contributed by atoms with van der Waals surface area (Å²) in [6.07, 6.45) is 12.4. The third-order valence-electron chi connectivity index (χ3n) is 5.12. The number of hydrogen-bond acceptors (Lipinski definition) is 1. The smallest absolute Gasteiger partial charge is 0.0322 e. The molecule has 0 heterocycles.